The lowest BCUT2D eigenvalue weighted by Crippen LogP contribution is -2.28. The van der Waals surface area contributed by atoms with Crippen LogP contribution in [-0.4, -0.2) is 29.9 Å². The zero-order chi connectivity index (χ0) is 15.2. The van der Waals surface area contributed by atoms with Crippen LogP contribution in [0.25, 0.3) is 10.9 Å². The molecule has 21 heavy (non-hydrogen) atoms. The Morgan fingerprint density at radius 1 is 1.29 bits per heavy atom. The van der Waals surface area contributed by atoms with Gasteiger partial charge in [0.1, 0.15) is 5.69 Å². The van der Waals surface area contributed by atoms with Gasteiger partial charge in [0.25, 0.3) is 5.91 Å². The monoisotopic (exact) mass is 286 g/mol. The molecule has 4 N–H and O–H groups in total. The van der Waals surface area contributed by atoms with Crippen LogP contribution in [0.3, 0.4) is 0 Å². The fraction of sp³-hybridized carbons (Fsp3) is 0.267. The third-order valence-corrected chi connectivity index (χ3v) is 2.97. The summed E-state index contributed by atoms with van der Waals surface area (Å²) in [5.41, 5.74) is 6.96. The second kappa shape index (κ2) is 6.69. The molecule has 2 aromatic rings. The number of nitrogens with one attached hydrogen (secondary N) is 2. The molecule has 2 rings (SSSR count). The first-order chi connectivity index (χ1) is 10.1. The van der Waals surface area contributed by atoms with Gasteiger partial charge in [0.2, 0.25) is 5.91 Å². The van der Waals surface area contributed by atoms with Crippen LogP contribution < -0.4 is 16.4 Å². The topological polar surface area (TPSA) is 97.1 Å². The van der Waals surface area contributed by atoms with Crippen molar-refractivity contribution in [2.75, 3.05) is 18.4 Å². The van der Waals surface area contributed by atoms with E-state index in [0.717, 1.165) is 23.1 Å². The molecule has 0 aliphatic carbocycles. The van der Waals surface area contributed by atoms with E-state index < -0.39 is 5.91 Å². The highest BCUT2D eigenvalue weighted by Gasteiger charge is 2.11. The van der Waals surface area contributed by atoms with Gasteiger partial charge in [-0.1, -0.05) is 18.2 Å². The van der Waals surface area contributed by atoms with Crippen molar-refractivity contribution in [1.82, 2.24) is 10.3 Å². The number of para-hydroxylation sites is 1. The summed E-state index contributed by atoms with van der Waals surface area (Å²) in [6.07, 6.45) is 0.111. The van der Waals surface area contributed by atoms with E-state index in [1.807, 2.05) is 31.2 Å². The molecule has 6 nitrogen and oxygen atoms in total. The van der Waals surface area contributed by atoms with Crippen molar-refractivity contribution in [1.29, 1.82) is 0 Å². The lowest BCUT2D eigenvalue weighted by molar-refractivity contribution is -0.117. The predicted octanol–water partition coefficient (Wildman–Crippen LogP) is 1.27. The van der Waals surface area contributed by atoms with E-state index in [4.69, 9.17) is 5.73 Å². The largest absolute Gasteiger partial charge is 0.385 e. The average Bonchev–Trinajstić information content (AvgIpc) is 2.47. The number of anilines is 1. The van der Waals surface area contributed by atoms with Crippen molar-refractivity contribution in [2.45, 2.75) is 13.3 Å². The lowest BCUT2D eigenvalue weighted by atomic mass is 10.1. The van der Waals surface area contributed by atoms with E-state index in [1.165, 1.54) is 0 Å². The Bertz CT molecular complexity index is 670. The smallest absolute Gasteiger partial charge is 0.269 e. The van der Waals surface area contributed by atoms with Gasteiger partial charge in [-0.15, -0.1) is 0 Å². The van der Waals surface area contributed by atoms with E-state index in [0.29, 0.717) is 5.69 Å². The standard InChI is InChI=1S/C15H18N4O2/c1-2-17-12-9-13(15(21)18-8-7-14(16)20)19-11-6-4-3-5-10(11)12/h3-6,9H,2,7-8H2,1H3,(H2,16,20)(H,17,19)(H,18,21). The van der Waals surface area contributed by atoms with E-state index >= 15 is 0 Å². The first-order valence-corrected chi connectivity index (χ1v) is 6.82. The molecular formula is C15H18N4O2. The molecular weight excluding hydrogens is 268 g/mol. The van der Waals surface area contributed by atoms with Crippen LogP contribution in [0.5, 0.6) is 0 Å². The zero-order valence-electron chi connectivity index (χ0n) is 11.8. The van der Waals surface area contributed by atoms with Gasteiger partial charge in [0.15, 0.2) is 0 Å². The zero-order valence-corrected chi connectivity index (χ0v) is 11.8. The number of carbonyl (C=O) groups is 2. The molecule has 0 saturated carbocycles. The Balaban J connectivity index is 2.27. The lowest BCUT2D eigenvalue weighted by Gasteiger charge is -2.10. The molecule has 0 unspecified atom stereocenters. The van der Waals surface area contributed by atoms with Crippen LogP contribution in [0.4, 0.5) is 5.69 Å². The Kier molecular flexibility index (Phi) is 4.71. The highest BCUT2D eigenvalue weighted by atomic mass is 16.2. The van der Waals surface area contributed by atoms with Gasteiger partial charge in [0, 0.05) is 30.6 Å². The number of fused-ring (bicyclic) bond motifs is 1. The predicted molar refractivity (Wildman–Crippen MR) is 82.1 cm³/mol. The minimum Gasteiger partial charge on any atom is -0.385 e. The Hall–Kier alpha value is -2.63. The summed E-state index contributed by atoms with van der Waals surface area (Å²) >= 11 is 0. The maximum absolute atomic E-state index is 12.1. The highest BCUT2D eigenvalue weighted by molar-refractivity contribution is 5.99. The number of nitrogens with two attached hydrogens (primary N) is 1. The first kappa shape index (κ1) is 14.8. The Morgan fingerprint density at radius 2 is 2.05 bits per heavy atom. The van der Waals surface area contributed by atoms with E-state index in [9.17, 15) is 9.59 Å². The van der Waals surface area contributed by atoms with Gasteiger partial charge >= 0.3 is 0 Å². The maximum atomic E-state index is 12.1. The Morgan fingerprint density at radius 3 is 2.76 bits per heavy atom. The molecule has 1 aromatic carbocycles. The van der Waals surface area contributed by atoms with E-state index in [-0.39, 0.29) is 18.9 Å². The molecule has 0 saturated heterocycles. The molecule has 0 aliphatic rings. The second-order valence-corrected chi connectivity index (χ2v) is 4.57. The fourth-order valence-electron chi connectivity index (χ4n) is 2.02. The normalized spacial score (nSPS) is 10.3. The van der Waals surface area contributed by atoms with Crippen LogP contribution in [0.1, 0.15) is 23.8 Å². The molecule has 1 aromatic heterocycles. The summed E-state index contributed by atoms with van der Waals surface area (Å²) in [4.78, 5) is 27.1. The molecule has 0 spiro atoms. The summed E-state index contributed by atoms with van der Waals surface area (Å²) < 4.78 is 0. The molecule has 6 heteroatoms. The van der Waals surface area contributed by atoms with Crippen LogP contribution in [-0.2, 0) is 4.79 Å². The van der Waals surface area contributed by atoms with Crippen LogP contribution in [0.2, 0.25) is 0 Å². The van der Waals surface area contributed by atoms with Crippen molar-refractivity contribution in [3.05, 3.63) is 36.0 Å². The molecule has 0 atom stereocenters. The summed E-state index contributed by atoms with van der Waals surface area (Å²) in [5, 5.41) is 6.83. The number of pyridine rings is 1. The number of nitrogens with zero attached hydrogens (tertiary/aromatic N) is 1. The highest BCUT2D eigenvalue weighted by Crippen LogP contribution is 2.22. The summed E-state index contributed by atoms with van der Waals surface area (Å²) in [6, 6.07) is 9.33. The van der Waals surface area contributed by atoms with Gasteiger partial charge in [-0.3, -0.25) is 9.59 Å². The first-order valence-electron chi connectivity index (χ1n) is 6.82. The molecule has 1 heterocycles. The number of hydrogen-bond acceptors (Lipinski definition) is 4. The van der Waals surface area contributed by atoms with Crippen LogP contribution >= 0.6 is 0 Å². The minimum atomic E-state index is -0.449. The van der Waals surface area contributed by atoms with Crippen molar-refractivity contribution in [3.8, 4) is 0 Å². The van der Waals surface area contributed by atoms with Crippen molar-refractivity contribution in [2.24, 2.45) is 5.73 Å². The summed E-state index contributed by atoms with van der Waals surface area (Å²) in [5.74, 6) is -0.767. The van der Waals surface area contributed by atoms with Crippen molar-refractivity contribution < 1.29 is 9.59 Å². The quantitative estimate of drug-likeness (QED) is 0.745. The summed E-state index contributed by atoms with van der Waals surface area (Å²) in [6.45, 7) is 2.94. The van der Waals surface area contributed by atoms with Crippen LogP contribution in [0.15, 0.2) is 30.3 Å². The maximum Gasteiger partial charge on any atom is 0.269 e. The van der Waals surface area contributed by atoms with E-state index in [2.05, 4.69) is 15.6 Å². The number of rotatable bonds is 6. The van der Waals surface area contributed by atoms with Gasteiger partial charge < -0.3 is 16.4 Å². The van der Waals surface area contributed by atoms with Gasteiger partial charge in [-0.25, -0.2) is 4.98 Å². The third-order valence-electron chi connectivity index (χ3n) is 2.97. The minimum absolute atomic E-state index is 0.111. The third kappa shape index (κ3) is 3.68. The summed E-state index contributed by atoms with van der Waals surface area (Å²) in [7, 11) is 0. The van der Waals surface area contributed by atoms with E-state index in [1.54, 1.807) is 6.07 Å². The van der Waals surface area contributed by atoms with Gasteiger partial charge in [-0.05, 0) is 19.1 Å². The fourth-order valence-corrected chi connectivity index (χ4v) is 2.02. The van der Waals surface area contributed by atoms with Crippen LogP contribution in [0, 0.1) is 0 Å². The number of hydrogen-bond donors (Lipinski definition) is 3. The second-order valence-electron chi connectivity index (χ2n) is 4.57. The SMILES string of the molecule is CCNc1cc(C(=O)NCCC(N)=O)nc2ccccc12. The molecule has 2 amide bonds. The van der Waals surface area contributed by atoms with Crippen molar-refractivity contribution >= 4 is 28.4 Å². The number of benzene rings is 1. The number of aromatic nitrogens is 1. The molecule has 110 valence electrons. The van der Waals surface area contributed by atoms with Gasteiger partial charge in [0.05, 0.1) is 5.52 Å². The number of amides is 2. The molecule has 0 fully saturated rings. The van der Waals surface area contributed by atoms with Crippen molar-refractivity contribution in [3.63, 3.8) is 0 Å². The number of primary amides is 1. The molecule has 0 radical (unpaired) electrons. The molecule has 0 bridgehead atoms. The average molecular weight is 286 g/mol. The molecule has 0 aliphatic heterocycles. The Labute approximate surface area is 122 Å². The van der Waals surface area contributed by atoms with Gasteiger partial charge in [-0.2, -0.15) is 0 Å². The number of carbonyl (C=O) groups excluding carboxylic acids is 2.